The third-order valence-electron chi connectivity index (χ3n) is 13.9. The van der Waals surface area contributed by atoms with Crippen LogP contribution in [0, 0.1) is 0 Å². The topological polar surface area (TPSA) is 48.8 Å². The van der Waals surface area contributed by atoms with Gasteiger partial charge in [0.2, 0.25) is 5.95 Å². The van der Waals surface area contributed by atoms with Gasteiger partial charge in [0.15, 0.2) is 0 Å². The van der Waals surface area contributed by atoms with Gasteiger partial charge >= 0.3 is 0 Å². The molecule has 0 unspecified atom stereocenters. The number of para-hydroxylation sites is 1. The number of rotatable bonds is 5. The van der Waals surface area contributed by atoms with Gasteiger partial charge in [0.25, 0.3) is 0 Å². The van der Waals surface area contributed by atoms with E-state index in [1.54, 1.807) is 11.3 Å². The zero-order valence-electron chi connectivity index (χ0n) is 36.4. The molecule has 316 valence electrons. The summed E-state index contributed by atoms with van der Waals surface area (Å²) in [5.74, 6) is 0.650. The Morgan fingerprint density at radius 2 is 1.03 bits per heavy atom. The third kappa shape index (κ3) is 5.55. The highest BCUT2D eigenvalue weighted by Gasteiger charge is 2.22. The van der Waals surface area contributed by atoms with Crippen LogP contribution in [0.4, 0.5) is 0 Å². The Morgan fingerprint density at radius 1 is 0.368 bits per heavy atom. The van der Waals surface area contributed by atoms with Crippen LogP contribution < -0.4 is 0 Å². The third-order valence-corrected chi connectivity index (χ3v) is 15.1. The predicted molar refractivity (Wildman–Crippen MR) is 285 cm³/mol. The largest absolute Gasteiger partial charge is 0.456 e. The van der Waals surface area contributed by atoms with Crippen molar-refractivity contribution in [1.82, 2.24) is 19.1 Å². The van der Waals surface area contributed by atoms with E-state index < -0.39 is 0 Å². The summed E-state index contributed by atoms with van der Waals surface area (Å²) in [6.45, 7) is 0. The Labute approximate surface area is 393 Å². The smallest absolute Gasteiger partial charge is 0.235 e. The van der Waals surface area contributed by atoms with Crippen LogP contribution in [0.3, 0.4) is 0 Å². The minimum absolute atomic E-state index is 0.650. The van der Waals surface area contributed by atoms with Crippen LogP contribution in [0.15, 0.2) is 223 Å². The quantitative estimate of drug-likeness (QED) is 0.173. The summed E-state index contributed by atoms with van der Waals surface area (Å²) in [7, 11) is 0. The average Bonchev–Trinajstić information content (AvgIpc) is 4.17. The molecule has 0 saturated carbocycles. The first-order chi connectivity index (χ1) is 33.7. The standard InChI is InChI=1S/C62H36N4OS/c1-3-14-38(15-4-1)58-36-51-61(68-58)60(39-16-5-2-6-17-39)64-62(63-51)66-52-28-25-42(32-48(52)49-31-40-18-7-8-19-41(40)33-55(49)66)43-23-27-47-54(34-43)65(53-29-24-37-13-9-10-20-45(37)59(47)53)44-26-30-57-50(35-44)46-21-11-12-22-56(46)67-57/h1-36H. The SMILES string of the molecule is c1ccc(-c2cc3nc(-n4c5ccc(-c6ccc7c8c9ccccc9ccc8n(-c8ccc9oc%10ccccc%10c9c8)c7c6)cc5c5cc6ccccc6cc54)nc(-c4ccccc4)c3s2)cc1. The number of aromatic nitrogens is 4. The van der Waals surface area contributed by atoms with E-state index >= 15 is 0 Å². The highest BCUT2D eigenvalue weighted by Crippen LogP contribution is 2.43. The lowest BCUT2D eigenvalue weighted by atomic mass is 9.99. The summed E-state index contributed by atoms with van der Waals surface area (Å²) >= 11 is 1.75. The molecule has 5 nitrogen and oxygen atoms in total. The van der Waals surface area contributed by atoms with E-state index in [4.69, 9.17) is 14.4 Å². The summed E-state index contributed by atoms with van der Waals surface area (Å²) in [5, 5.41) is 11.8. The van der Waals surface area contributed by atoms with Crippen molar-refractivity contribution in [2.24, 2.45) is 0 Å². The molecular weight excluding hydrogens is 849 g/mol. The molecule has 0 fully saturated rings. The Morgan fingerprint density at radius 3 is 1.88 bits per heavy atom. The van der Waals surface area contributed by atoms with Gasteiger partial charge in [-0.05, 0) is 105 Å². The van der Waals surface area contributed by atoms with Crippen LogP contribution in [0.5, 0.6) is 0 Å². The molecule has 5 heterocycles. The summed E-state index contributed by atoms with van der Waals surface area (Å²) in [6.07, 6.45) is 0. The molecule has 68 heavy (non-hydrogen) atoms. The Hall–Kier alpha value is -8.84. The lowest BCUT2D eigenvalue weighted by Gasteiger charge is -2.11. The van der Waals surface area contributed by atoms with E-state index in [0.29, 0.717) is 5.95 Å². The monoisotopic (exact) mass is 884 g/mol. The second-order valence-electron chi connectivity index (χ2n) is 17.7. The van der Waals surface area contributed by atoms with Crippen molar-refractivity contribution in [3.63, 3.8) is 0 Å². The van der Waals surface area contributed by atoms with Gasteiger partial charge in [-0.25, -0.2) is 9.97 Å². The van der Waals surface area contributed by atoms with Gasteiger partial charge < -0.3 is 8.98 Å². The number of furan rings is 1. The molecule has 0 N–H and O–H groups in total. The zero-order valence-corrected chi connectivity index (χ0v) is 37.2. The molecule has 5 aromatic heterocycles. The van der Waals surface area contributed by atoms with Crippen LogP contribution in [0.25, 0.3) is 142 Å². The van der Waals surface area contributed by atoms with Crippen molar-refractivity contribution >= 4 is 109 Å². The van der Waals surface area contributed by atoms with Crippen molar-refractivity contribution in [3.05, 3.63) is 218 Å². The molecule has 0 aliphatic carbocycles. The highest BCUT2D eigenvalue weighted by atomic mass is 32.1. The first-order valence-corrected chi connectivity index (χ1v) is 23.8. The van der Waals surface area contributed by atoms with Crippen LogP contribution in [-0.2, 0) is 0 Å². The van der Waals surface area contributed by atoms with E-state index in [2.05, 4.69) is 215 Å². The summed E-state index contributed by atoms with van der Waals surface area (Å²) in [6, 6.07) is 78.6. The maximum absolute atomic E-state index is 6.30. The molecule has 0 amide bonds. The van der Waals surface area contributed by atoms with E-state index in [0.717, 1.165) is 87.5 Å². The summed E-state index contributed by atoms with van der Waals surface area (Å²) in [5.41, 5.74) is 13.7. The lowest BCUT2D eigenvalue weighted by Crippen LogP contribution is -2.02. The number of fused-ring (bicyclic) bond motifs is 13. The van der Waals surface area contributed by atoms with E-state index in [-0.39, 0.29) is 0 Å². The molecule has 0 bridgehead atoms. The van der Waals surface area contributed by atoms with Crippen molar-refractivity contribution in [3.8, 4) is 44.5 Å². The highest BCUT2D eigenvalue weighted by molar-refractivity contribution is 7.22. The minimum atomic E-state index is 0.650. The van der Waals surface area contributed by atoms with E-state index in [9.17, 15) is 0 Å². The molecular formula is C62H36N4OS. The molecule has 0 aliphatic rings. The maximum atomic E-state index is 6.30. The first-order valence-electron chi connectivity index (χ1n) is 23.0. The molecule has 10 aromatic carbocycles. The van der Waals surface area contributed by atoms with Crippen LogP contribution in [0.2, 0.25) is 0 Å². The molecule has 0 atom stereocenters. The Bertz CT molecular complexity index is 4560. The molecule has 0 radical (unpaired) electrons. The van der Waals surface area contributed by atoms with Gasteiger partial charge in [0.1, 0.15) is 11.2 Å². The normalized spacial score (nSPS) is 12.1. The number of nitrogens with zero attached hydrogens (tertiary/aromatic N) is 4. The molecule has 15 aromatic rings. The van der Waals surface area contributed by atoms with E-state index in [1.165, 1.54) is 48.3 Å². The second kappa shape index (κ2) is 14.3. The minimum Gasteiger partial charge on any atom is -0.456 e. The molecule has 0 spiro atoms. The van der Waals surface area contributed by atoms with Gasteiger partial charge in [-0.3, -0.25) is 4.57 Å². The Balaban J connectivity index is 0.969. The van der Waals surface area contributed by atoms with Gasteiger partial charge in [0, 0.05) is 48.4 Å². The van der Waals surface area contributed by atoms with Crippen molar-refractivity contribution in [2.45, 2.75) is 0 Å². The van der Waals surface area contributed by atoms with Crippen molar-refractivity contribution in [2.75, 3.05) is 0 Å². The molecule has 0 aliphatic heterocycles. The summed E-state index contributed by atoms with van der Waals surface area (Å²) in [4.78, 5) is 12.1. The van der Waals surface area contributed by atoms with Crippen molar-refractivity contribution < 1.29 is 4.42 Å². The number of benzene rings is 10. The lowest BCUT2D eigenvalue weighted by molar-refractivity contribution is 0.669. The maximum Gasteiger partial charge on any atom is 0.235 e. The van der Waals surface area contributed by atoms with Gasteiger partial charge in [-0.15, -0.1) is 11.3 Å². The average molecular weight is 885 g/mol. The van der Waals surface area contributed by atoms with Crippen LogP contribution >= 0.6 is 11.3 Å². The van der Waals surface area contributed by atoms with E-state index in [1.807, 2.05) is 12.1 Å². The zero-order chi connectivity index (χ0) is 44.5. The molecule has 6 heteroatoms. The predicted octanol–water partition coefficient (Wildman–Crippen LogP) is 17.1. The number of hydrogen-bond acceptors (Lipinski definition) is 4. The van der Waals surface area contributed by atoms with Crippen LogP contribution in [-0.4, -0.2) is 19.1 Å². The summed E-state index contributed by atoms with van der Waals surface area (Å²) < 4.78 is 12.1. The fraction of sp³-hybridized carbons (Fsp3) is 0. The van der Waals surface area contributed by atoms with Gasteiger partial charge in [-0.1, -0.05) is 152 Å². The molecule has 15 rings (SSSR count). The first kappa shape index (κ1) is 37.4. The molecule has 0 saturated heterocycles. The van der Waals surface area contributed by atoms with Gasteiger partial charge in [-0.2, -0.15) is 0 Å². The second-order valence-corrected chi connectivity index (χ2v) is 18.8. The van der Waals surface area contributed by atoms with Crippen LogP contribution in [0.1, 0.15) is 0 Å². The fourth-order valence-corrected chi connectivity index (χ4v) is 11.9. The van der Waals surface area contributed by atoms with Gasteiger partial charge in [0.05, 0.1) is 38.0 Å². The number of thiophene rings is 1. The van der Waals surface area contributed by atoms with Crippen molar-refractivity contribution in [1.29, 1.82) is 0 Å². The Kier molecular flexibility index (Phi) is 7.88. The fourth-order valence-electron chi connectivity index (χ4n) is 10.8. The number of hydrogen-bond donors (Lipinski definition) is 0.